The molecule has 2 atom stereocenters. The highest BCUT2D eigenvalue weighted by Crippen LogP contribution is 2.23. The van der Waals surface area contributed by atoms with E-state index in [1.165, 1.54) is 5.56 Å². The highest BCUT2D eigenvalue weighted by atomic mass is 16.3. The van der Waals surface area contributed by atoms with Gasteiger partial charge in [0.25, 0.3) is 0 Å². The summed E-state index contributed by atoms with van der Waals surface area (Å²) in [6.45, 7) is 7.81. The fourth-order valence-electron chi connectivity index (χ4n) is 1.77. The van der Waals surface area contributed by atoms with Crippen molar-refractivity contribution in [2.24, 2.45) is 5.41 Å². The average Bonchev–Trinajstić information content (AvgIpc) is 2.15. The van der Waals surface area contributed by atoms with E-state index in [4.69, 9.17) is 0 Å². The Bertz CT molecular complexity index is 339. The normalized spacial score (nSPS) is 15.9. The van der Waals surface area contributed by atoms with Crippen molar-refractivity contribution in [3.05, 3.63) is 35.4 Å². The fourth-order valence-corrected chi connectivity index (χ4v) is 1.77. The minimum Gasteiger partial charge on any atom is -0.390 e. The van der Waals surface area contributed by atoms with Crippen molar-refractivity contribution in [1.82, 2.24) is 0 Å². The Morgan fingerprint density at radius 2 is 1.81 bits per heavy atom. The Kier molecular flexibility index (Phi) is 4.11. The Labute approximate surface area is 97.9 Å². The molecule has 0 radical (unpaired) electrons. The molecule has 2 nitrogen and oxygen atoms in total. The number of aliphatic hydroxyl groups is 2. The van der Waals surface area contributed by atoms with Crippen molar-refractivity contribution in [3.63, 3.8) is 0 Å². The SMILES string of the molecule is Cc1cccc(CC(O)C(O)C(C)(C)C)c1. The van der Waals surface area contributed by atoms with Gasteiger partial charge in [0.1, 0.15) is 0 Å². The number of hydrogen-bond donors (Lipinski definition) is 2. The molecule has 1 aromatic rings. The van der Waals surface area contributed by atoms with Crippen LogP contribution in [0.2, 0.25) is 0 Å². The van der Waals surface area contributed by atoms with E-state index in [1.807, 2.05) is 52.0 Å². The molecule has 2 unspecified atom stereocenters. The van der Waals surface area contributed by atoms with Gasteiger partial charge in [-0.3, -0.25) is 0 Å². The smallest absolute Gasteiger partial charge is 0.0850 e. The molecule has 16 heavy (non-hydrogen) atoms. The van der Waals surface area contributed by atoms with Crippen molar-refractivity contribution in [2.45, 2.75) is 46.3 Å². The van der Waals surface area contributed by atoms with Crippen LogP contribution in [-0.4, -0.2) is 22.4 Å². The van der Waals surface area contributed by atoms with Crippen molar-refractivity contribution in [2.75, 3.05) is 0 Å². The third-order valence-corrected chi connectivity index (χ3v) is 2.78. The van der Waals surface area contributed by atoms with Gasteiger partial charge < -0.3 is 10.2 Å². The summed E-state index contributed by atoms with van der Waals surface area (Å²) in [5.74, 6) is 0. The third-order valence-electron chi connectivity index (χ3n) is 2.78. The Balaban J connectivity index is 2.68. The molecule has 1 aromatic carbocycles. The van der Waals surface area contributed by atoms with E-state index in [9.17, 15) is 10.2 Å². The van der Waals surface area contributed by atoms with E-state index in [0.717, 1.165) is 5.56 Å². The van der Waals surface area contributed by atoms with Crippen LogP contribution in [0.15, 0.2) is 24.3 Å². The molecule has 2 N–H and O–H groups in total. The second kappa shape index (κ2) is 4.98. The maximum absolute atomic E-state index is 9.95. The summed E-state index contributed by atoms with van der Waals surface area (Å²) in [7, 11) is 0. The van der Waals surface area contributed by atoms with Gasteiger partial charge in [-0.25, -0.2) is 0 Å². The van der Waals surface area contributed by atoms with Gasteiger partial charge >= 0.3 is 0 Å². The van der Waals surface area contributed by atoms with E-state index in [1.54, 1.807) is 0 Å². The zero-order valence-electron chi connectivity index (χ0n) is 10.6. The standard InChI is InChI=1S/C14H22O2/c1-10-6-5-7-11(8-10)9-12(15)13(16)14(2,3)4/h5-8,12-13,15-16H,9H2,1-4H3. The van der Waals surface area contributed by atoms with Crippen LogP contribution in [0.5, 0.6) is 0 Å². The van der Waals surface area contributed by atoms with E-state index in [0.29, 0.717) is 6.42 Å². The van der Waals surface area contributed by atoms with E-state index >= 15 is 0 Å². The van der Waals surface area contributed by atoms with Gasteiger partial charge in [-0.1, -0.05) is 50.6 Å². The molecular weight excluding hydrogens is 200 g/mol. The highest BCUT2D eigenvalue weighted by Gasteiger charge is 2.28. The van der Waals surface area contributed by atoms with Gasteiger partial charge in [0.05, 0.1) is 12.2 Å². The predicted octanol–water partition coefficient (Wildman–Crippen LogP) is 2.31. The number of aryl methyl sites for hydroxylation is 1. The first-order valence-corrected chi connectivity index (χ1v) is 5.72. The predicted molar refractivity (Wildman–Crippen MR) is 66.4 cm³/mol. The fraction of sp³-hybridized carbons (Fsp3) is 0.571. The molecule has 0 fully saturated rings. The number of aliphatic hydroxyl groups excluding tert-OH is 2. The summed E-state index contributed by atoms with van der Waals surface area (Å²) in [4.78, 5) is 0. The zero-order chi connectivity index (χ0) is 12.3. The van der Waals surface area contributed by atoms with Crippen LogP contribution in [0.25, 0.3) is 0 Å². The molecule has 90 valence electrons. The number of hydrogen-bond acceptors (Lipinski definition) is 2. The monoisotopic (exact) mass is 222 g/mol. The Hall–Kier alpha value is -0.860. The van der Waals surface area contributed by atoms with Crippen LogP contribution in [0.3, 0.4) is 0 Å². The number of benzene rings is 1. The molecular formula is C14H22O2. The Morgan fingerprint density at radius 3 is 2.31 bits per heavy atom. The average molecular weight is 222 g/mol. The van der Waals surface area contributed by atoms with Gasteiger partial charge in [-0.15, -0.1) is 0 Å². The first kappa shape index (κ1) is 13.2. The minimum atomic E-state index is -0.707. The molecule has 0 aromatic heterocycles. The second-order valence-electron chi connectivity index (χ2n) is 5.57. The largest absolute Gasteiger partial charge is 0.390 e. The molecule has 2 heteroatoms. The number of rotatable bonds is 3. The molecule has 0 aliphatic heterocycles. The first-order chi connectivity index (χ1) is 7.30. The maximum atomic E-state index is 9.95. The summed E-state index contributed by atoms with van der Waals surface area (Å²) in [5.41, 5.74) is 1.95. The topological polar surface area (TPSA) is 40.5 Å². The summed E-state index contributed by atoms with van der Waals surface area (Å²) < 4.78 is 0. The lowest BCUT2D eigenvalue weighted by atomic mass is 9.84. The first-order valence-electron chi connectivity index (χ1n) is 5.72. The van der Waals surface area contributed by atoms with Crippen molar-refractivity contribution < 1.29 is 10.2 Å². The van der Waals surface area contributed by atoms with Gasteiger partial charge in [0.2, 0.25) is 0 Å². The zero-order valence-corrected chi connectivity index (χ0v) is 10.6. The van der Waals surface area contributed by atoms with E-state index in [2.05, 4.69) is 0 Å². The lowest BCUT2D eigenvalue weighted by Gasteiger charge is -2.30. The third kappa shape index (κ3) is 3.62. The lowest BCUT2D eigenvalue weighted by Crippen LogP contribution is -2.38. The molecule has 0 aliphatic rings. The van der Waals surface area contributed by atoms with Gasteiger partial charge in [0, 0.05) is 6.42 Å². The lowest BCUT2D eigenvalue weighted by molar-refractivity contribution is -0.0434. The molecule has 1 rings (SSSR count). The maximum Gasteiger partial charge on any atom is 0.0850 e. The molecule has 0 saturated heterocycles. The summed E-state index contributed by atoms with van der Waals surface area (Å²) in [6, 6.07) is 8.02. The van der Waals surface area contributed by atoms with Crippen LogP contribution in [0.4, 0.5) is 0 Å². The van der Waals surface area contributed by atoms with Gasteiger partial charge in [0.15, 0.2) is 0 Å². The van der Waals surface area contributed by atoms with Crippen LogP contribution >= 0.6 is 0 Å². The van der Waals surface area contributed by atoms with E-state index < -0.39 is 12.2 Å². The molecule has 0 heterocycles. The molecule has 0 saturated carbocycles. The molecule has 0 spiro atoms. The quantitative estimate of drug-likeness (QED) is 0.824. The summed E-state index contributed by atoms with van der Waals surface area (Å²) >= 11 is 0. The molecule has 0 amide bonds. The minimum absolute atomic E-state index is 0.288. The van der Waals surface area contributed by atoms with Crippen molar-refractivity contribution in [3.8, 4) is 0 Å². The summed E-state index contributed by atoms with van der Waals surface area (Å²) in [6.07, 6.45) is -0.907. The second-order valence-corrected chi connectivity index (χ2v) is 5.57. The highest BCUT2D eigenvalue weighted by molar-refractivity contribution is 5.22. The van der Waals surface area contributed by atoms with Crippen molar-refractivity contribution in [1.29, 1.82) is 0 Å². The summed E-state index contributed by atoms with van der Waals surface area (Å²) in [5, 5.41) is 19.9. The Morgan fingerprint density at radius 1 is 1.19 bits per heavy atom. The molecule has 0 bridgehead atoms. The van der Waals surface area contributed by atoms with Gasteiger partial charge in [-0.2, -0.15) is 0 Å². The van der Waals surface area contributed by atoms with Crippen molar-refractivity contribution >= 4 is 0 Å². The molecule has 0 aliphatic carbocycles. The van der Waals surface area contributed by atoms with Crippen LogP contribution in [0, 0.1) is 12.3 Å². The van der Waals surface area contributed by atoms with E-state index in [-0.39, 0.29) is 5.41 Å². The van der Waals surface area contributed by atoms with Gasteiger partial charge in [-0.05, 0) is 17.9 Å². The van der Waals surface area contributed by atoms with Crippen LogP contribution < -0.4 is 0 Å². The van der Waals surface area contributed by atoms with Crippen LogP contribution in [0.1, 0.15) is 31.9 Å². The van der Waals surface area contributed by atoms with Crippen LogP contribution in [-0.2, 0) is 6.42 Å².